The van der Waals surface area contributed by atoms with Crippen LogP contribution in [0.4, 0.5) is 5.82 Å². The molecule has 1 saturated heterocycles. The zero-order chi connectivity index (χ0) is 15.5. The Morgan fingerprint density at radius 3 is 2.45 bits per heavy atom. The Hall–Kier alpha value is -1.80. The molecule has 4 nitrogen and oxygen atoms in total. The maximum Gasteiger partial charge on any atom is 0.149 e. The fraction of sp³-hybridized carbons (Fsp3) is 0.250. The van der Waals surface area contributed by atoms with Crippen molar-refractivity contribution < 1.29 is 4.74 Å². The Morgan fingerprint density at radius 2 is 1.82 bits per heavy atom. The van der Waals surface area contributed by atoms with E-state index in [1.807, 2.05) is 18.2 Å². The van der Waals surface area contributed by atoms with Gasteiger partial charge in [0, 0.05) is 23.7 Å². The number of rotatable bonds is 2. The third kappa shape index (κ3) is 3.02. The Labute approximate surface area is 138 Å². The minimum Gasteiger partial charge on any atom is -0.378 e. The second-order valence-electron chi connectivity index (χ2n) is 4.91. The van der Waals surface area contributed by atoms with E-state index in [9.17, 15) is 5.26 Å². The average Bonchev–Trinajstić information content (AvgIpc) is 2.55. The molecule has 0 amide bonds. The minimum atomic E-state index is 0.219. The molecule has 1 aromatic carbocycles. The molecule has 0 atom stereocenters. The van der Waals surface area contributed by atoms with Crippen molar-refractivity contribution in [3.05, 3.63) is 46.1 Å². The van der Waals surface area contributed by atoms with Crippen molar-refractivity contribution >= 4 is 29.0 Å². The first-order chi connectivity index (χ1) is 10.7. The molecule has 0 N–H and O–H groups in total. The summed E-state index contributed by atoms with van der Waals surface area (Å²) in [6.45, 7) is 2.84. The number of halogens is 2. The van der Waals surface area contributed by atoms with Crippen molar-refractivity contribution in [2.24, 2.45) is 0 Å². The van der Waals surface area contributed by atoms with Crippen LogP contribution in [0.15, 0.2) is 30.3 Å². The summed E-state index contributed by atoms with van der Waals surface area (Å²) in [5, 5.41) is 10.3. The Kier molecular flexibility index (Phi) is 4.49. The van der Waals surface area contributed by atoms with Gasteiger partial charge in [0.25, 0.3) is 0 Å². The molecule has 0 bridgehead atoms. The van der Waals surface area contributed by atoms with Crippen molar-refractivity contribution in [2.75, 3.05) is 31.2 Å². The Balaban J connectivity index is 2.08. The van der Waals surface area contributed by atoms with Gasteiger partial charge in [-0.25, -0.2) is 4.98 Å². The molecule has 3 rings (SSSR count). The Bertz CT molecular complexity index is 719. The van der Waals surface area contributed by atoms with Gasteiger partial charge >= 0.3 is 0 Å². The Morgan fingerprint density at radius 1 is 1.14 bits per heavy atom. The molecule has 1 aromatic heterocycles. The standard InChI is InChI=1S/C16H13Cl2N3O/c17-12-3-1-11(2-4-12)13-9-15(20-16(18)14(13)10-19)21-5-7-22-8-6-21/h1-4,9H,5-8H2. The number of aromatic nitrogens is 1. The number of hydrogen-bond acceptors (Lipinski definition) is 4. The highest BCUT2D eigenvalue weighted by Crippen LogP contribution is 2.32. The molecule has 1 aliphatic heterocycles. The van der Waals surface area contributed by atoms with Crippen LogP contribution in [-0.4, -0.2) is 31.3 Å². The van der Waals surface area contributed by atoms with E-state index in [4.69, 9.17) is 27.9 Å². The van der Waals surface area contributed by atoms with Crippen molar-refractivity contribution in [3.63, 3.8) is 0 Å². The summed E-state index contributed by atoms with van der Waals surface area (Å²) in [7, 11) is 0. The van der Waals surface area contributed by atoms with Gasteiger partial charge in [0.05, 0.1) is 18.8 Å². The molecular weight excluding hydrogens is 321 g/mol. The molecule has 0 aliphatic carbocycles. The van der Waals surface area contributed by atoms with Gasteiger partial charge in [0.15, 0.2) is 0 Å². The molecule has 1 fully saturated rings. The van der Waals surface area contributed by atoms with Crippen LogP contribution in [0.25, 0.3) is 11.1 Å². The molecule has 1 aliphatic rings. The number of morpholine rings is 1. The highest BCUT2D eigenvalue weighted by Gasteiger charge is 2.18. The molecular formula is C16H13Cl2N3O. The van der Waals surface area contributed by atoms with E-state index in [1.54, 1.807) is 12.1 Å². The zero-order valence-electron chi connectivity index (χ0n) is 11.7. The molecule has 2 heterocycles. The molecule has 6 heteroatoms. The van der Waals surface area contributed by atoms with Crippen molar-refractivity contribution in [1.29, 1.82) is 5.26 Å². The van der Waals surface area contributed by atoms with Crippen molar-refractivity contribution in [1.82, 2.24) is 4.98 Å². The van der Waals surface area contributed by atoms with Crippen LogP contribution < -0.4 is 4.90 Å². The third-order valence-corrected chi connectivity index (χ3v) is 4.09. The summed E-state index contributed by atoms with van der Waals surface area (Å²) < 4.78 is 5.35. The maximum absolute atomic E-state index is 9.38. The van der Waals surface area contributed by atoms with Gasteiger partial charge in [0.2, 0.25) is 0 Å². The van der Waals surface area contributed by atoms with Crippen LogP contribution in [0, 0.1) is 11.3 Å². The highest BCUT2D eigenvalue weighted by atomic mass is 35.5. The van der Waals surface area contributed by atoms with Crippen LogP contribution >= 0.6 is 23.2 Å². The van der Waals surface area contributed by atoms with Crippen LogP contribution in [0.1, 0.15) is 5.56 Å². The first kappa shape index (κ1) is 15.1. The average molecular weight is 334 g/mol. The van der Waals surface area contributed by atoms with E-state index in [-0.39, 0.29) is 5.15 Å². The number of nitrogens with zero attached hydrogens (tertiary/aromatic N) is 3. The van der Waals surface area contributed by atoms with E-state index in [0.29, 0.717) is 23.8 Å². The first-order valence-corrected chi connectivity index (χ1v) is 7.64. The van der Waals surface area contributed by atoms with E-state index in [2.05, 4.69) is 16.0 Å². The van der Waals surface area contributed by atoms with Gasteiger partial charge in [-0.2, -0.15) is 5.26 Å². The lowest BCUT2D eigenvalue weighted by Gasteiger charge is -2.28. The maximum atomic E-state index is 9.38. The first-order valence-electron chi connectivity index (χ1n) is 6.88. The zero-order valence-corrected chi connectivity index (χ0v) is 13.2. The molecule has 0 unspecified atom stereocenters. The molecule has 0 saturated carbocycles. The molecule has 22 heavy (non-hydrogen) atoms. The smallest absolute Gasteiger partial charge is 0.149 e. The second kappa shape index (κ2) is 6.53. The second-order valence-corrected chi connectivity index (χ2v) is 5.71. The van der Waals surface area contributed by atoms with Crippen molar-refractivity contribution in [3.8, 4) is 17.2 Å². The topological polar surface area (TPSA) is 49.2 Å². The van der Waals surface area contributed by atoms with Gasteiger partial charge in [-0.1, -0.05) is 35.3 Å². The SMILES string of the molecule is N#Cc1c(-c2ccc(Cl)cc2)cc(N2CCOCC2)nc1Cl. The normalized spacial score (nSPS) is 14.7. The predicted molar refractivity (Wildman–Crippen MR) is 87.4 cm³/mol. The monoisotopic (exact) mass is 333 g/mol. The van der Waals surface area contributed by atoms with Gasteiger partial charge < -0.3 is 9.64 Å². The quantitative estimate of drug-likeness (QED) is 0.785. The minimum absolute atomic E-state index is 0.219. The van der Waals surface area contributed by atoms with E-state index >= 15 is 0 Å². The summed E-state index contributed by atoms with van der Waals surface area (Å²) in [4.78, 5) is 6.47. The third-order valence-electron chi connectivity index (χ3n) is 3.56. The van der Waals surface area contributed by atoms with Gasteiger partial charge in [0.1, 0.15) is 17.0 Å². The van der Waals surface area contributed by atoms with E-state index in [1.165, 1.54) is 0 Å². The van der Waals surface area contributed by atoms with Crippen LogP contribution in [0.3, 0.4) is 0 Å². The predicted octanol–water partition coefficient (Wildman–Crippen LogP) is 3.76. The lowest BCUT2D eigenvalue weighted by molar-refractivity contribution is 0.122. The summed E-state index contributed by atoms with van der Waals surface area (Å²) in [6, 6.07) is 11.4. The largest absolute Gasteiger partial charge is 0.378 e. The number of nitriles is 1. The highest BCUT2D eigenvalue weighted by molar-refractivity contribution is 6.31. The van der Waals surface area contributed by atoms with Gasteiger partial charge in [-0.15, -0.1) is 0 Å². The summed E-state index contributed by atoms with van der Waals surface area (Å²) >= 11 is 12.1. The lowest BCUT2D eigenvalue weighted by atomic mass is 10.0. The summed E-state index contributed by atoms with van der Waals surface area (Å²) in [5.74, 6) is 0.761. The summed E-state index contributed by atoms with van der Waals surface area (Å²) in [6.07, 6.45) is 0. The molecule has 0 radical (unpaired) electrons. The number of benzene rings is 1. The van der Waals surface area contributed by atoms with Crippen LogP contribution in [-0.2, 0) is 4.74 Å². The molecule has 0 spiro atoms. The molecule has 2 aromatic rings. The summed E-state index contributed by atoms with van der Waals surface area (Å²) in [5.41, 5.74) is 2.03. The lowest BCUT2D eigenvalue weighted by Crippen LogP contribution is -2.36. The van der Waals surface area contributed by atoms with Gasteiger partial charge in [-0.3, -0.25) is 0 Å². The number of hydrogen-bond donors (Lipinski definition) is 0. The van der Waals surface area contributed by atoms with Crippen molar-refractivity contribution in [2.45, 2.75) is 0 Å². The molecule has 112 valence electrons. The fourth-order valence-electron chi connectivity index (χ4n) is 2.42. The number of anilines is 1. The van der Waals surface area contributed by atoms with Gasteiger partial charge in [-0.05, 0) is 23.8 Å². The van der Waals surface area contributed by atoms with E-state index in [0.717, 1.165) is 30.0 Å². The fourth-order valence-corrected chi connectivity index (χ4v) is 2.78. The number of pyridine rings is 1. The number of ether oxygens (including phenoxy) is 1. The van der Waals surface area contributed by atoms with E-state index < -0.39 is 0 Å². The van der Waals surface area contributed by atoms with Crippen LogP contribution in [0.5, 0.6) is 0 Å². The van der Waals surface area contributed by atoms with Crippen LogP contribution in [0.2, 0.25) is 10.2 Å².